The number of pyridine rings is 2. The third-order valence-electron chi connectivity index (χ3n) is 10.4. The first kappa shape index (κ1) is 36.3. The number of amides is 2. The van der Waals surface area contributed by atoms with Crippen LogP contribution in [0, 0.1) is 0 Å². The van der Waals surface area contributed by atoms with Crippen LogP contribution in [0.3, 0.4) is 0 Å². The first-order valence-corrected chi connectivity index (χ1v) is 19.0. The maximum Gasteiger partial charge on any atom is 0.415 e. The Morgan fingerprint density at radius 1 is 1.04 bits per heavy atom. The standard InChI is InChI=1S/C37H42IN5O9/c1-3-24-25-16-23(51-36(48)42-14-10-22(11-15-42)41-12-6-5-7-13-41)8-9-29(25)40-33-26(24)19-43-30(33)17-28-27(34(43)46)20-50-35(47)37(28,38)52-32(45)18-39-31(44)21-49-4-2/h8-9,16-17,22H,3-7,10-15,18-21H2,1-2H3,(H,39,44)/t37-/m0/s1. The number of alkyl halides is 1. The zero-order chi connectivity index (χ0) is 36.6. The third kappa shape index (κ3) is 6.89. The number of halogens is 1. The molecule has 2 saturated heterocycles. The number of aryl methyl sites for hydroxylation is 1. The van der Waals surface area contributed by atoms with Gasteiger partial charge >= 0.3 is 18.0 Å². The Labute approximate surface area is 314 Å². The Bertz CT molecular complexity index is 1990. The summed E-state index contributed by atoms with van der Waals surface area (Å²) in [5, 5.41) is 3.22. The van der Waals surface area contributed by atoms with Crippen LogP contribution in [0.5, 0.6) is 5.75 Å². The van der Waals surface area contributed by atoms with Gasteiger partial charge in [-0.3, -0.25) is 14.4 Å². The number of hydrogen-bond donors (Lipinski definition) is 1. The summed E-state index contributed by atoms with van der Waals surface area (Å²) in [6.45, 7) is 6.95. The number of cyclic esters (lactones) is 1. The second kappa shape index (κ2) is 15.1. The van der Waals surface area contributed by atoms with Gasteiger partial charge in [0.2, 0.25) is 5.91 Å². The lowest BCUT2D eigenvalue weighted by Crippen LogP contribution is -2.48. The van der Waals surface area contributed by atoms with E-state index in [1.165, 1.54) is 19.3 Å². The molecule has 3 aromatic rings. The van der Waals surface area contributed by atoms with Crippen molar-refractivity contribution in [3.63, 3.8) is 0 Å². The molecule has 2 fully saturated rings. The van der Waals surface area contributed by atoms with Crippen LogP contribution in [0.15, 0.2) is 29.1 Å². The summed E-state index contributed by atoms with van der Waals surface area (Å²) in [5.74, 6) is -1.82. The molecule has 6 heterocycles. The van der Waals surface area contributed by atoms with E-state index in [1.54, 1.807) is 57.2 Å². The number of aromatic nitrogens is 2. The molecule has 1 aromatic carbocycles. The maximum absolute atomic E-state index is 14.0. The molecular weight excluding hydrogens is 785 g/mol. The smallest absolute Gasteiger partial charge is 0.415 e. The highest BCUT2D eigenvalue weighted by molar-refractivity contribution is 14.1. The van der Waals surface area contributed by atoms with Crippen molar-refractivity contribution >= 4 is 57.4 Å². The van der Waals surface area contributed by atoms with Crippen LogP contribution in [0.2, 0.25) is 0 Å². The van der Waals surface area contributed by atoms with Crippen LogP contribution in [-0.2, 0) is 51.8 Å². The summed E-state index contributed by atoms with van der Waals surface area (Å²) < 4.78 is 21.5. The van der Waals surface area contributed by atoms with Gasteiger partial charge in [-0.15, -0.1) is 0 Å². The summed E-state index contributed by atoms with van der Waals surface area (Å²) in [4.78, 5) is 74.4. The minimum Gasteiger partial charge on any atom is -0.457 e. The van der Waals surface area contributed by atoms with E-state index >= 15 is 0 Å². The zero-order valence-corrected chi connectivity index (χ0v) is 31.5. The predicted molar refractivity (Wildman–Crippen MR) is 197 cm³/mol. The number of nitrogens with one attached hydrogen (secondary N) is 1. The molecular formula is C37H42IN5O9. The Hall–Kier alpha value is -4.09. The highest BCUT2D eigenvalue weighted by atomic mass is 127. The number of ether oxygens (including phenoxy) is 4. The molecule has 1 atom stereocenters. The quantitative estimate of drug-likeness (QED) is 0.149. The minimum atomic E-state index is -1.96. The molecule has 15 heteroatoms. The van der Waals surface area contributed by atoms with Gasteiger partial charge in [-0.1, -0.05) is 13.3 Å². The van der Waals surface area contributed by atoms with Crippen LogP contribution in [0.25, 0.3) is 22.3 Å². The van der Waals surface area contributed by atoms with Gasteiger partial charge < -0.3 is 38.6 Å². The van der Waals surface area contributed by atoms with Gasteiger partial charge in [-0.2, -0.15) is 0 Å². The van der Waals surface area contributed by atoms with Crippen LogP contribution in [0.1, 0.15) is 68.2 Å². The van der Waals surface area contributed by atoms with E-state index in [1.807, 2.05) is 13.0 Å². The highest BCUT2D eigenvalue weighted by Crippen LogP contribution is 2.44. The molecule has 2 amide bonds. The predicted octanol–water partition coefficient (Wildman–Crippen LogP) is 3.78. The number of nitrogens with zero attached hydrogens (tertiary/aromatic N) is 4. The first-order chi connectivity index (χ1) is 25.1. The molecule has 0 unspecified atom stereocenters. The van der Waals surface area contributed by atoms with Crippen molar-refractivity contribution in [2.75, 3.05) is 45.9 Å². The lowest BCUT2D eigenvalue weighted by Gasteiger charge is -2.39. The Kier molecular flexibility index (Phi) is 10.5. The Morgan fingerprint density at radius 2 is 1.81 bits per heavy atom. The molecule has 0 bridgehead atoms. The van der Waals surface area contributed by atoms with Crippen LogP contribution >= 0.6 is 22.6 Å². The number of fused-ring (bicyclic) bond motifs is 5. The van der Waals surface area contributed by atoms with E-state index in [2.05, 4.69) is 10.2 Å². The summed E-state index contributed by atoms with van der Waals surface area (Å²) in [6, 6.07) is 7.56. The number of rotatable bonds is 9. The fourth-order valence-corrected chi connectivity index (χ4v) is 8.62. The van der Waals surface area contributed by atoms with Gasteiger partial charge in [-0.05, 0) is 105 Å². The molecule has 1 N–H and O–H groups in total. The van der Waals surface area contributed by atoms with Gasteiger partial charge in [0, 0.05) is 42.3 Å². The van der Waals surface area contributed by atoms with Gasteiger partial charge in [0.1, 0.15) is 25.5 Å². The van der Waals surface area contributed by atoms with Crippen LogP contribution in [-0.4, -0.2) is 95.3 Å². The van der Waals surface area contributed by atoms with Crippen LogP contribution in [0.4, 0.5) is 4.79 Å². The van der Waals surface area contributed by atoms with Crippen molar-refractivity contribution in [3.05, 3.63) is 56.9 Å². The van der Waals surface area contributed by atoms with E-state index < -0.39 is 28.0 Å². The van der Waals surface area contributed by atoms with Gasteiger partial charge in [-0.25, -0.2) is 14.6 Å². The van der Waals surface area contributed by atoms with E-state index in [0.717, 1.165) is 42.4 Å². The number of hydrogen-bond acceptors (Lipinski definition) is 11. The summed E-state index contributed by atoms with van der Waals surface area (Å²) in [6.07, 6.45) is 5.95. The van der Waals surface area contributed by atoms with E-state index in [4.69, 9.17) is 23.9 Å². The van der Waals surface area contributed by atoms with E-state index in [9.17, 15) is 24.0 Å². The van der Waals surface area contributed by atoms with Crippen molar-refractivity contribution in [1.29, 1.82) is 0 Å². The molecule has 0 aliphatic carbocycles. The largest absolute Gasteiger partial charge is 0.457 e. The fraction of sp³-hybridized carbons (Fsp3) is 0.514. The van der Waals surface area contributed by atoms with Gasteiger partial charge in [0.25, 0.3) is 9.17 Å². The number of esters is 2. The average Bonchev–Trinajstić information content (AvgIpc) is 3.52. The van der Waals surface area contributed by atoms with Gasteiger partial charge in [0.15, 0.2) is 0 Å². The molecule has 7 rings (SSSR count). The zero-order valence-electron chi connectivity index (χ0n) is 29.3. The van der Waals surface area contributed by atoms with E-state index in [-0.39, 0.29) is 42.5 Å². The second-order valence-corrected chi connectivity index (χ2v) is 15.0. The minimum absolute atomic E-state index is 0.190. The first-order valence-electron chi connectivity index (χ1n) is 18.0. The molecule has 14 nitrogen and oxygen atoms in total. The van der Waals surface area contributed by atoms with Crippen molar-refractivity contribution < 1.29 is 38.1 Å². The fourth-order valence-electron chi connectivity index (χ4n) is 7.73. The molecule has 0 saturated carbocycles. The number of likely N-dealkylation sites (tertiary alicyclic amines) is 2. The lowest BCUT2D eigenvalue weighted by atomic mass is 9.97. The van der Waals surface area contributed by atoms with Gasteiger partial charge in [0.05, 0.1) is 29.0 Å². The topological polar surface area (TPSA) is 159 Å². The highest BCUT2D eigenvalue weighted by Gasteiger charge is 2.50. The number of piperidine rings is 2. The van der Waals surface area contributed by atoms with Crippen molar-refractivity contribution in [2.45, 2.75) is 75.2 Å². The molecule has 4 aliphatic heterocycles. The number of benzene rings is 1. The summed E-state index contributed by atoms with van der Waals surface area (Å²) in [7, 11) is 0. The molecule has 0 radical (unpaired) electrons. The molecule has 2 aromatic heterocycles. The Balaban J connectivity index is 1.13. The molecule has 276 valence electrons. The Morgan fingerprint density at radius 3 is 2.54 bits per heavy atom. The van der Waals surface area contributed by atoms with Crippen LogP contribution < -0.4 is 15.6 Å². The normalized spacial score (nSPS) is 20.1. The van der Waals surface area contributed by atoms with Crippen molar-refractivity contribution in [2.24, 2.45) is 0 Å². The summed E-state index contributed by atoms with van der Waals surface area (Å²) in [5.41, 5.74) is 3.53. The molecule has 52 heavy (non-hydrogen) atoms. The summed E-state index contributed by atoms with van der Waals surface area (Å²) >= 11 is 1.68. The number of carbonyl (C=O) groups is 4. The SMILES string of the molecule is CCOCC(=O)NCC(=O)O[C@]1(I)C(=O)OCc2c1cc1n(c2=O)Cc2c-1nc1ccc(OC(=O)N3CCC(N4CCCCC4)CC3)cc1c2CC. The third-order valence-corrected chi connectivity index (χ3v) is 11.6. The maximum atomic E-state index is 14.0. The van der Waals surface area contributed by atoms with Crippen molar-refractivity contribution in [3.8, 4) is 17.1 Å². The average molecular weight is 828 g/mol. The second-order valence-electron chi connectivity index (χ2n) is 13.5. The molecule has 0 spiro atoms. The number of carbonyl (C=O) groups excluding carboxylic acids is 4. The lowest BCUT2D eigenvalue weighted by molar-refractivity contribution is -0.173. The molecule has 4 aliphatic rings. The monoisotopic (exact) mass is 827 g/mol. The van der Waals surface area contributed by atoms with E-state index in [0.29, 0.717) is 54.8 Å². The van der Waals surface area contributed by atoms with Crippen molar-refractivity contribution in [1.82, 2.24) is 24.7 Å².